The lowest BCUT2D eigenvalue weighted by molar-refractivity contribution is 0.138. The van der Waals surface area contributed by atoms with Gasteiger partial charge in [0.05, 0.1) is 0 Å². The third-order valence-corrected chi connectivity index (χ3v) is 5.96. The molecular weight excluding hydrogens is 347 g/mol. The van der Waals surface area contributed by atoms with Gasteiger partial charge in [0.15, 0.2) is 0 Å². The predicted molar refractivity (Wildman–Crippen MR) is 90.7 cm³/mol. The molecular formula is C16H25IN2. The Kier molecular flexibility index (Phi) is 5.66. The normalized spacial score (nSPS) is 20.4. The number of halogens is 1. The van der Waals surface area contributed by atoms with E-state index in [0.717, 1.165) is 13.1 Å². The molecule has 0 bridgehead atoms. The number of alkyl halides is 1. The fourth-order valence-electron chi connectivity index (χ4n) is 2.79. The minimum atomic E-state index is 0.0884. The minimum absolute atomic E-state index is 0.0884. The first-order valence-corrected chi connectivity index (χ1v) is 8.42. The van der Waals surface area contributed by atoms with Gasteiger partial charge < -0.3 is 4.90 Å². The summed E-state index contributed by atoms with van der Waals surface area (Å²) < 4.78 is 0.0884. The van der Waals surface area contributed by atoms with Crippen LogP contribution >= 0.6 is 22.6 Å². The number of nitrogens with zero attached hydrogens (tertiary/aromatic N) is 2. The first-order valence-electron chi connectivity index (χ1n) is 7.35. The number of likely N-dealkylation sites (N-methyl/N-ethyl adjacent to an activating group) is 1. The van der Waals surface area contributed by atoms with Crippen molar-refractivity contribution in [2.24, 2.45) is 0 Å². The second kappa shape index (κ2) is 7.04. The molecule has 1 saturated heterocycles. The van der Waals surface area contributed by atoms with E-state index in [4.69, 9.17) is 0 Å². The third-order valence-electron chi connectivity index (χ3n) is 4.18. The molecule has 19 heavy (non-hydrogen) atoms. The Labute approximate surface area is 131 Å². The van der Waals surface area contributed by atoms with Gasteiger partial charge in [0.1, 0.15) is 3.55 Å². The van der Waals surface area contributed by atoms with Gasteiger partial charge in [-0.25, -0.2) is 0 Å². The van der Waals surface area contributed by atoms with Crippen LogP contribution in [0.5, 0.6) is 0 Å². The Morgan fingerprint density at radius 2 is 1.79 bits per heavy atom. The van der Waals surface area contributed by atoms with Crippen LogP contribution in [0, 0.1) is 0 Å². The van der Waals surface area contributed by atoms with Crippen LogP contribution in [0.2, 0.25) is 0 Å². The van der Waals surface area contributed by atoms with Gasteiger partial charge in [0.25, 0.3) is 0 Å². The average molecular weight is 372 g/mol. The molecule has 3 heteroatoms. The topological polar surface area (TPSA) is 6.48 Å². The summed E-state index contributed by atoms with van der Waals surface area (Å²) in [5.41, 5.74) is 1.42. The number of hydrogen-bond donors (Lipinski definition) is 0. The molecule has 2 rings (SSSR count). The molecule has 0 radical (unpaired) electrons. The molecule has 1 aliphatic heterocycles. The minimum Gasteiger partial charge on any atom is -0.300 e. The Bertz CT molecular complexity index is 376. The maximum Gasteiger partial charge on any atom is 0.111 e. The molecule has 1 fully saturated rings. The van der Waals surface area contributed by atoms with Crippen molar-refractivity contribution < 1.29 is 0 Å². The maximum absolute atomic E-state index is 2.65. The van der Waals surface area contributed by atoms with E-state index in [1.165, 1.54) is 37.9 Å². The molecule has 0 saturated carbocycles. The molecule has 1 aromatic carbocycles. The molecule has 1 unspecified atom stereocenters. The van der Waals surface area contributed by atoms with Crippen LogP contribution in [-0.2, 0) is 3.55 Å². The lowest BCUT2D eigenvalue weighted by Gasteiger charge is -2.42. The maximum atomic E-state index is 2.65. The van der Waals surface area contributed by atoms with Crippen molar-refractivity contribution in [3.8, 4) is 0 Å². The number of piperidine rings is 1. The standard InChI is InChI=1S/C16H25IN2/c1-3-18(2)16(17,15-10-6-4-7-11-15)14-19-12-8-5-9-13-19/h4,6-7,10-11H,3,5,8-9,12-14H2,1-2H3. The molecule has 1 aliphatic rings. The lowest BCUT2D eigenvalue weighted by atomic mass is 10.0. The summed E-state index contributed by atoms with van der Waals surface area (Å²) >= 11 is 2.65. The Morgan fingerprint density at radius 3 is 2.37 bits per heavy atom. The smallest absolute Gasteiger partial charge is 0.111 e. The summed E-state index contributed by atoms with van der Waals surface area (Å²) in [5.74, 6) is 0. The molecule has 0 aromatic heterocycles. The summed E-state index contributed by atoms with van der Waals surface area (Å²) in [6, 6.07) is 10.9. The molecule has 1 aromatic rings. The number of rotatable bonds is 5. The van der Waals surface area contributed by atoms with Crippen LogP contribution in [0.3, 0.4) is 0 Å². The highest BCUT2D eigenvalue weighted by atomic mass is 127. The van der Waals surface area contributed by atoms with Gasteiger partial charge in [0.2, 0.25) is 0 Å². The van der Waals surface area contributed by atoms with Gasteiger partial charge in [-0.2, -0.15) is 0 Å². The van der Waals surface area contributed by atoms with Crippen molar-refractivity contribution in [2.75, 3.05) is 33.2 Å². The van der Waals surface area contributed by atoms with E-state index in [1.807, 2.05) is 0 Å². The van der Waals surface area contributed by atoms with Crippen molar-refractivity contribution >= 4 is 22.6 Å². The van der Waals surface area contributed by atoms with Gasteiger partial charge in [-0.1, -0.05) is 66.3 Å². The zero-order valence-corrected chi connectivity index (χ0v) is 14.3. The fourth-order valence-corrected chi connectivity index (χ4v) is 3.97. The highest BCUT2D eigenvalue weighted by Crippen LogP contribution is 2.36. The van der Waals surface area contributed by atoms with Crippen molar-refractivity contribution in [1.82, 2.24) is 9.80 Å². The molecule has 2 nitrogen and oxygen atoms in total. The lowest BCUT2D eigenvalue weighted by Crippen LogP contribution is -2.48. The molecule has 0 spiro atoms. The van der Waals surface area contributed by atoms with Gasteiger partial charge in [-0.05, 0) is 45.1 Å². The molecule has 0 aliphatic carbocycles. The first kappa shape index (κ1) is 15.3. The molecule has 0 N–H and O–H groups in total. The van der Waals surface area contributed by atoms with Crippen molar-refractivity contribution in [3.05, 3.63) is 35.9 Å². The van der Waals surface area contributed by atoms with Crippen LogP contribution in [0.15, 0.2) is 30.3 Å². The Morgan fingerprint density at radius 1 is 1.16 bits per heavy atom. The van der Waals surface area contributed by atoms with Gasteiger partial charge >= 0.3 is 0 Å². The second-order valence-electron chi connectivity index (χ2n) is 5.48. The van der Waals surface area contributed by atoms with E-state index in [1.54, 1.807) is 0 Å². The SMILES string of the molecule is CCN(C)C(I)(CN1CCCCC1)c1ccccc1. The van der Waals surface area contributed by atoms with E-state index < -0.39 is 0 Å². The monoisotopic (exact) mass is 372 g/mol. The second-order valence-corrected chi connectivity index (χ2v) is 7.26. The van der Waals surface area contributed by atoms with Gasteiger partial charge in [0, 0.05) is 6.54 Å². The van der Waals surface area contributed by atoms with Crippen molar-refractivity contribution in [3.63, 3.8) is 0 Å². The van der Waals surface area contributed by atoms with Crippen molar-refractivity contribution in [1.29, 1.82) is 0 Å². The van der Waals surface area contributed by atoms with Crippen LogP contribution in [-0.4, -0.2) is 43.0 Å². The predicted octanol–water partition coefficient (Wildman–Crippen LogP) is 3.71. The van der Waals surface area contributed by atoms with Crippen LogP contribution < -0.4 is 0 Å². The summed E-state index contributed by atoms with van der Waals surface area (Å²) in [4.78, 5) is 5.10. The van der Waals surface area contributed by atoms with Crippen LogP contribution in [0.25, 0.3) is 0 Å². The van der Waals surface area contributed by atoms with Crippen LogP contribution in [0.1, 0.15) is 31.7 Å². The number of likely N-dealkylation sites (tertiary alicyclic amines) is 1. The largest absolute Gasteiger partial charge is 0.300 e. The fraction of sp³-hybridized carbons (Fsp3) is 0.625. The number of benzene rings is 1. The molecule has 1 atom stereocenters. The van der Waals surface area contributed by atoms with Gasteiger partial charge in [-0.3, -0.25) is 4.90 Å². The van der Waals surface area contributed by atoms with E-state index in [9.17, 15) is 0 Å². The summed E-state index contributed by atoms with van der Waals surface area (Å²) in [6.07, 6.45) is 4.12. The summed E-state index contributed by atoms with van der Waals surface area (Å²) in [6.45, 7) is 6.96. The van der Waals surface area contributed by atoms with E-state index in [2.05, 4.69) is 76.7 Å². The van der Waals surface area contributed by atoms with E-state index in [0.29, 0.717) is 0 Å². The molecule has 106 valence electrons. The zero-order chi connectivity index (χ0) is 13.7. The first-order chi connectivity index (χ1) is 9.16. The third kappa shape index (κ3) is 3.70. The van der Waals surface area contributed by atoms with E-state index in [-0.39, 0.29) is 3.55 Å². The van der Waals surface area contributed by atoms with Gasteiger partial charge in [-0.15, -0.1) is 0 Å². The highest BCUT2D eigenvalue weighted by Gasteiger charge is 2.34. The van der Waals surface area contributed by atoms with Crippen molar-refractivity contribution in [2.45, 2.75) is 29.7 Å². The Balaban J connectivity index is 2.19. The summed E-state index contributed by atoms with van der Waals surface area (Å²) in [5, 5.41) is 0. The highest BCUT2D eigenvalue weighted by molar-refractivity contribution is 14.1. The summed E-state index contributed by atoms with van der Waals surface area (Å²) in [7, 11) is 2.24. The molecule has 0 amide bonds. The van der Waals surface area contributed by atoms with E-state index >= 15 is 0 Å². The zero-order valence-electron chi connectivity index (χ0n) is 12.1. The molecule has 1 heterocycles. The number of hydrogen-bond acceptors (Lipinski definition) is 2. The quantitative estimate of drug-likeness (QED) is 0.442. The average Bonchev–Trinajstić information content (AvgIpc) is 2.48. The Hall–Kier alpha value is -0.130. The van der Waals surface area contributed by atoms with Crippen LogP contribution in [0.4, 0.5) is 0 Å².